The Labute approximate surface area is 205 Å². The highest BCUT2D eigenvalue weighted by Gasteiger charge is 2.33. The average Bonchev–Trinajstić information content (AvgIpc) is 3.30. The van der Waals surface area contributed by atoms with Crippen molar-refractivity contribution in [2.45, 2.75) is 90.9 Å². The van der Waals surface area contributed by atoms with Crippen LogP contribution in [-0.2, 0) is 22.6 Å². The number of esters is 1. The first-order chi connectivity index (χ1) is 17.0. The van der Waals surface area contributed by atoms with E-state index in [0.29, 0.717) is 25.0 Å². The fourth-order valence-electron chi connectivity index (χ4n) is 5.19. The second-order valence-corrected chi connectivity index (χ2v) is 9.48. The van der Waals surface area contributed by atoms with Crippen LogP contribution in [-0.4, -0.2) is 48.7 Å². The van der Waals surface area contributed by atoms with Crippen LogP contribution in [0.15, 0.2) is 29.1 Å². The third-order valence-electron chi connectivity index (χ3n) is 6.88. The number of aromatic nitrogens is 5. The number of nitrogens with one attached hydrogen (secondary N) is 1. The Balaban J connectivity index is 1.71. The van der Waals surface area contributed by atoms with Crippen molar-refractivity contribution in [1.82, 2.24) is 30.1 Å². The maximum Gasteiger partial charge on any atom is 0.327 e. The molecule has 1 aliphatic carbocycles. The molecule has 0 amide bonds. The number of hydrogen-bond acceptors (Lipinski definition) is 7. The average molecular weight is 481 g/mol. The van der Waals surface area contributed by atoms with Crippen LogP contribution in [0.25, 0.3) is 10.9 Å². The van der Waals surface area contributed by atoms with Crippen molar-refractivity contribution in [1.29, 1.82) is 0 Å². The van der Waals surface area contributed by atoms with Gasteiger partial charge in [-0.2, -0.15) is 0 Å². The summed E-state index contributed by atoms with van der Waals surface area (Å²) in [4.78, 5) is 30.8. The number of aromatic amines is 1. The first-order valence-corrected chi connectivity index (χ1v) is 12.8. The van der Waals surface area contributed by atoms with E-state index in [4.69, 9.17) is 4.74 Å². The largest absolute Gasteiger partial charge is 0.465 e. The highest BCUT2D eigenvalue weighted by molar-refractivity contribution is 5.79. The molecule has 1 aromatic carbocycles. The van der Waals surface area contributed by atoms with E-state index in [1.165, 1.54) is 19.3 Å². The minimum atomic E-state index is -0.359. The monoisotopic (exact) mass is 480 g/mol. The number of ether oxygens (including phenoxy) is 1. The predicted molar refractivity (Wildman–Crippen MR) is 134 cm³/mol. The molecule has 4 rings (SSSR count). The Bertz CT molecular complexity index is 1200. The zero-order valence-corrected chi connectivity index (χ0v) is 21.0. The lowest BCUT2D eigenvalue weighted by atomic mass is 9.91. The lowest BCUT2D eigenvalue weighted by molar-refractivity contribution is -0.144. The summed E-state index contributed by atoms with van der Waals surface area (Å²) < 4.78 is 6.69. The molecule has 1 saturated carbocycles. The predicted octanol–water partition coefficient (Wildman–Crippen LogP) is 4.06. The summed E-state index contributed by atoms with van der Waals surface area (Å²) in [7, 11) is 0. The van der Waals surface area contributed by atoms with Crippen molar-refractivity contribution in [2.75, 3.05) is 6.61 Å². The molecule has 1 N–H and O–H groups in total. The molecule has 0 spiro atoms. The molecule has 2 heterocycles. The fourth-order valence-corrected chi connectivity index (χ4v) is 5.19. The van der Waals surface area contributed by atoms with E-state index < -0.39 is 0 Å². The number of tetrazole rings is 1. The van der Waals surface area contributed by atoms with Crippen LogP contribution in [0.5, 0.6) is 0 Å². The Hall–Kier alpha value is -3.07. The molecule has 188 valence electrons. The normalized spacial score (nSPS) is 15.5. The van der Waals surface area contributed by atoms with Crippen molar-refractivity contribution in [3.05, 3.63) is 51.6 Å². The van der Waals surface area contributed by atoms with Crippen LogP contribution >= 0.6 is 0 Å². The number of pyridine rings is 1. The Morgan fingerprint density at radius 3 is 2.77 bits per heavy atom. The molecule has 0 saturated heterocycles. The van der Waals surface area contributed by atoms with Gasteiger partial charge < -0.3 is 9.72 Å². The molecule has 0 radical (unpaired) electrons. The molecular weight excluding hydrogens is 444 g/mol. The van der Waals surface area contributed by atoms with Gasteiger partial charge in [0, 0.05) is 23.7 Å². The van der Waals surface area contributed by atoms with Crippen molar-refractivity contribution in [3.8, 4) is 0 Å². The first-order valence-electron chi connectivity index (χ1n) is 12.8. The van der Waals surface area contributed by atoms with Gasteiger partial charge >= 0.3 is 5.97 Å². The molecule has 2 aromatic heterocycles. The molecular formula is C26H36N6O3. The van der Waals surface area contributed by atoms with Gasteiger partial charge in [0.1, 0.15) is 6.54 Å². The lowest BCUT2D eigenvalue weighted by Gasteiger charge is -2.39. The van der Waals surface area contributed by atoms with Crippen LogP contribution in [0.2, 0.25) is 0 Å². The maximum atomic E-state index is 13.1. The summed E-state index contributed by atoms with van der Waals surface area (Å²) >= 11 is 0. The smallest absolute Gasteiger partial charge is 0.327 e. The number of hydrogen-bond donors (Lipinski definition) is 1. The Kier molecular flexibility index (Phi) is 8.28. The van der Waals surface area contributed by atoms with Gasteiger partial charge in [0.2, 0.25) is 0 Å². The van der Waals surface area contributed by atoms with Crippen molar-refractivity contribution >= 4 is 16.9 Å². The van der Waals surface area contributed by atoms with Crippen LogP contribution in [0.3, 0.4) is 0 Å². The summed E-state index contributed by atoms with van der Waals surface area (Å²) in [6.45, 7) is 6.73. The summed E-state index contributed by atoms with van der Waals surface area (Å²) in [6.07, 6.45) is 7.47. The van der Waals surface area contributed by atoms with Gasteiger partial charge in [-0.3, -0.25) is 14.5 Å². The minimum Gasteiger partial charge on any atom is -0.465 e. The van der Waals surface area contributed by atoms with Crippen molar-refractivity contribution in [3.63, 3.8) is 0 Å². The first kappa shape index (κ1) is 25.0. The van der Waals surface area contributed by atoms with Crippen molar-refractivity contribution < 1.29 is 9.53 Å². The minimum absolute atomic E-state index is 0.0230. The highest BCUT2D eigenvalue weighted by Crippen LogP contribution is 2.33. The maximum absolute atomic E-state index is 13.1. The zero-order chi connectivity index (χ0) is 24.8. The quantitative estimate of drug-likeness (QED) is 0.436. The molecule has 9 heteroatoms. The van der Waals surface area contributed by atoms with E-state index in [0.717, 1.165) is 47.7 Å². The number of carbonyl (C=O) groups is 1. The summed E-state index contributed by atoms with van der Waals surface area (Å²) in [6, 6.07) is 8.34. The highest BCUT2D eigenvalue weighted by atomic mass is 16.5. The molecule has 0 aliphatic heterocycles. The van der Waals surface area contributed by atoms with E-state index in [1.54, 1.807) is 11.6 Å². The summed E-state index contributed by atoms with van der Waals surface area (Å²) in [5.41, 5.74) is 2.63. The molecule has 0 unspecified atom stereocenters. The van der Waals surface area contributed by atoms with Gasteiger partial charge in [-0.05, 0) is 66.6 Å². The molecule has 1 fully saturated rings. The fraction of sp³-hybridized carbons (Fsp3) is 0.577. The topological polar surface area (TPSA) is 106 Å². The van der Waals surface area contributed by atoms with E-state index in [2.05, 4.69) is 44.5 Å². The van der Waals surface area contributed by atoms with Crippen LogP contribution in [0.4, 0.5) is 0 Å². The van der Waals surface area contributed by atoms with Gasteiger partial charge in [-0.1, -0.05) is 44.7 Å². The standard InChI is InChI=1S/C26H36N6O3/c1-4-9-23(25-28-29-30-32(25)17-24(33)35-5-2)31(21-10-7-6-8-11-21)16-20-15-19-13-12-18(3)14-22(19)27-26(20)34/h12-15,21,23H,4-11,16-17H2,1-3H3,(H,27,34)/t23-/m0/s1. The van der Waals surface area contributed by atoms with Crippen LogP contribution in [0, 0.1) is 6.92 Å². The number of nitrogens with zero attached hydrogens (tertiary/aromatic N) is 5. The van der Waals surface area contributed by atoms with Gasteiger partial charge in [-0.25, -0.2) is 4.68 Å². The van der Waals surface area contributed by atoms with Gasteiger partial charge in [0.25, 0.3) is 5.56 Å². The number of H-pyrrole nitrogens is 1. The van der Waals surface area contributed by atoms with E-state index in [-0.39, 0.29) is 24.1 Å². The molecule has 9 nitrogen and oxygen atoms in total. The van der Waals surface area contributed by atoms with Gasteiger partial charge in [-0.15, -0.1) is 5.10 Å². The molecule has 1 aliphatic rings. The van der Waals surface area contributed by atoms with Crippen LogP contribution < -0.4 is 5.56 Å². The SMILES string of the molecule is CCC[C@@H](c1nnnn1CC(=O)OCC)N(Cc1cc2ccc(C)cc2[nH]c1=O)C1CCCCC1. The second kappa shape index (κ2) is 11.6. The third kappa shape index (κ3) is 5.96. The number of carbonyl (C=O) groups excluding carboxylic acids is 1. The van der Waals surface area contributed by atoms with Gasteiger partial charge in [0.15, 0.2) is 5.82 Å². The third-order valence-corrected chi connectivity index (χ3v) is 6.88. The molecule has 3 aromatic rings. The summed E-state index contributed by atoms with van der Waals surface area (Å²) in [5, 5.41) is 13.4. The summed E-state index contributed by atoms with van der Waals surface area (Å²) in [5.74, 6) is 0.292. The zero-order valence-electron chi connectivity index (χ0n) is 21.0. The Morgan fingerprint density at radius 1 is 1.23 bits per heavy atom. The van der Waals surface area contributed by atoms with E-state index >= 15 is 0 Å². The number of fused-ring (bicyclic) bond motifs is 1. The second-order valence-electron chi connectivity index (χ2n) is 9.48. The number of aryl methyl sites for hydroxylation is 1. The lowest BCUT2D eigenvalue weighted by Crippen LogP contribution is -2.41. The van der Waals surface area contributed by atoms with Crippen LogP contribution in [0.1, 0.15) is 81.8 Å². The van der Waals surface area contributed by atoms with E-state index in [9.17, 15) is 9.59 Å². The number of benzene rings is 1. The molecule has 0 bridgehead atoms. The van der Waals surface area contributed by atoms with Crippen molar-refractivity contribution in [2.24, 2.45) is 0 Å². The molecule has 35 heavy (non-hydrogen) atoms. The van der Waals surface area contributed by atoms with E-state index in [1.807, 2.05) is 19.1 Å². The Morgan fingerprint density at radius 2 is 2.03 bits per heavy atom. The van der Waals surface area contributed by atoms with Gasteiger partial charge in [0.05, 0.1) is 12.6 Å². The number of rotatable bonds is 10. The molecule has 1 atom stereocenters.